The third kappa shape index (κ3) is 1.54. The number of aldehydes is 1. The van der Waals surface area contributed by atoms with Crippen molar-refractivity contribution in [1.29, 1.82) is 0 Å². The fourth-order valence-electron chi connectivity index (χ4n) is 1.46. The van der Waals surface area contributed by atoms with Crippen LogP contribution in [0.15, 0.2) is 18.2 Å². The van der Waals surface area contributed by atoms with E-state index in [9.17, 15) is 9.18 Å². The first-order valence-electron chi connectivity index (χ1n) is 4.20. The van der Waals surface area contributed by atoms with Crippen LogP contribution in [0.3, 0.4) is 0 Å². The van der Waals surface area contributed by atoms with Crippen molar-refractivity contribution in [3.8, 4) is 5.75 Å². The van der Waals surface area contributed by atoms with E-state index in [2.05, 4.69) is 0 Å². The molecule has 0 fully saturated rings. The molecule has 2 nitrogen and oxygen atoms in total. The summed E-state index contributed by atoms with van der Waals surface area (Å²) >= 11 is 0. The molecule has 0 aliphatic carbocycles. The summed E-state index contributed by atoms with van der Waals surface area (Å²) in [6, 6.07) is 4.43. The summed E-state index contributed by atoms with van der Waals surface area (Å²) in [5.41, 5.74) is 0.972. The number of carbonyl (C=O) groups excluding carboxylic acids is 1. The Morgan fingerprint density at radius 1 is 1.54 bits per heavy atom. The van der Waals surface area contributed by atoms with E-state index in [-0.39, 0.29) is 5.82 Å². The molecule has 0 spiro atoms. The maximum atomic E-state index is 12.8. The van der Waals surface area contributed by atoms with Crippen molar-refractivity contribution in [2.24, 2.45) is 0 Å². The third-order valence-corrected chi connectivity index (χ3v) is 2.16. The average molecular weight is 180 g/mol. The van der Waals surface area contributed by atoms with Gasteiger partial charge < -0.3 is 4.74 Å². The molecule has 1 aliphatic heterocycles. The summed E-state index contributed by atoms with van der Waals surface area (Å²) in [6.45, 7) is 0. The highest BCUT2D eigenvalue weighted by molar-refractivity contribution is 5.58. The number of fused-ring (bicyclic) bond motifs is 1. The van der Waals surface area contributed by atoms with Gasteiger partial charge in [-0.2, -0.15) is 0 Å². The number of hydrogen-bond donors (Lipinski definition) is 0. The summed E-state index contributed by atoms with van der Waals surface area (Å²) in [5, 5.41) is 0. The lowest BCUT2D eigenvalue weighted by atomic mass is 10.0. The molecular formula is C10H9FO2. The van der Waals surface area contributed by atoms with E-state index in [1.165, 1.54) is 12.1 Å². The minimum Gasteiger partial charge on any atom is -0.483 e. The van der Waals surface area contributed by atoms with Crippen molar-refractivity contribution >= 4 is 6.29 Å². The standard InChI is InChI=1S/C10H9FO2/c11-8-3-1-7-2-4-9(6-12)13-10(7)5-8/h1,3,5-6,9H,2,4H2. The normalized spacial score (nSPS) is 20.2. The number of ether oxygens (including phenoxy) is 1. The quantitative estimate of drug-likeness (QED) is 0.615. The molecule has 1 unspecified atom stereocenters. The highest BCUT2D eigenvalue weighted by Gasteiger charge is 2.18. The van der Waals surface area contributed by atoms with Crippen LogP contribution in [-0.4, -0.2) is 12.4 Å². The molecule has 0 bridgehead atoms. The molecule has 1 aromatic rings. The Hall–Kier alpha value is -1.38. The minimum absolute atomic E-state index is 0.328. The molecule has 0 amide bonds. The van der Waals surface area contributed by atoms with Gasteiger partial charge in [0.05, 0.1) is 0 Å². The highest BCUT2D eigenvalue weighted by atomic mass is 19.1. The lowest BCUT2D eigenvalue weighted by Crippen LogP contribution is -2.23. The number of carbonyl (C=O) groups is 1. The number of halogens is 1. The van der Waals surface area contributed by atoms with Crippen molar-refractivity contribution < 1.29 is 13.9 Å². The summed E-state index contributed by atoms with van der Waals surface area (Å²) in [4.78, 5) is 10.4. The Morgan fingerprint density at radius 3 is 3.15 bits per heavy atom. The topological polar surface area (TPSA) is 26.3 Å². The van der Waals surface area contributed by atoms with Gasteiger partial charge in [0.15, 0.2) is 12.4 Å². The summed E-state index contributed by atoms with van der Waals surface area (Å²) in [7, 11) is 0. The van der Waals surface area contributed by atoms with Crippen molar-refractivity contribution in [2.45, 2.75) is 18.9 Å². The molecule has 0 aromatic heterocycles. The van der Waals surface area contributed by atoms with Crippen molar-refractivity contribution in [3.05, 3.63) is 29.6 Å². The second kappa shape index (κ2) is 3.17. The summed E-state index contributed by atoms with van der Waals surface area (Å²) < 4.78 is 18.0. The Bertz CT molecular complexity index is 336. The molecule has 1 atom stereocenters. The predicted molar refractivity (Wildman–Crippen MR) is 45.2 cm³/mol. The molecular weight excluding hydrogens is 171 g/mol. The van der Waals surface area contributed by atoms with Gasteiger partial charge in [0.1, 0.15) is 11.6 Å². The SMILES string of the molecule is O=CC1CCc2ccc(F)cc2O1. The molecule has 1 aromatic carbocycles. The van der Waals surface area contributed by atoms with E-state index in [0.717, 1.165) is 18.3 Å². The van der Waals surface area contributed by atoms with E-state index in [1.807, 2.05) is 0 Å². The molecule has 3 heteroatoms. The second-order valence-electron chi connectivity index (χ2n) is 3.08. The average Bonchev–Trinajstić information content (AvgIpc) is 2.16. The Morgan fingerprint density at radius 2 is 2.38 bits per heavy atom. The smallest absolute Gasteiger partial charge is 0.160 e. The fourth-order valence-corrected chi connectivity index (χ4v) is 1.46. The molecule has 13 heavy (non-hydrogen) atoms. The maximum absolute atomic E-state index is 12.8. The molecule has 2 rings (SSSR count). The Kier molecular flexibility index (Phi) is 2.00. The van der Waals surface area contributed by atoms with Gasteiger partial charge in [0, 0.05) is 6.07 Å². The van der Waals surface area contributed by atoms with Crippen LogP contribution in [0, 0.1) is 5.82 Å². The first-order chi connectivity index (χ1) is 6.29. The van der Waals surface area contributed by atoms with Crippen LogP contribution in [0.2, 0.25) is 0 Å². The first kappa shape index (κ1) is 8.23. The van der Waals surface area contributed by atoms with Crippen LogP contribution < -0.4 is 4.74 Å². The monoisotopic (exact) mass is 180 g/mol. The van der Waals surface area contributed by atoms with Gasteiger partial charge in [-0.15, -0.1) is 0 Å². The number of benzene rings is 1. The minimum atomic E-state index is -0.408. The van der Waals surface area contributed by atoms with Crippen LogP contribution in [0.4, 0.5) is 4.39 Å². The predicted octanol–water partition coefficient (Wildman–Crippen LogP) is 1.72. The first-order valence-corrected chi connectivity index (χ1v) is 4.20. The molecule has 0 radical (unpaired) electrons. The Balaban J connectivity index is 2.32. The lowest BCUT2D eigenvalue weighted by Gasteiger charge is -2.21. The van der Waals surface area contributed by atoms with Gasteiger partial charge in [0.25, 0.3) is 0 Å². The van der Waals surface area contributed by atoms with E-state index in [1.54, 1.807) is 6.07 Å². The van der Waals surface area contributed by atoms with Crippen molar-refractivity contribution in [3.63, 3.8) is 0 Å². The van der Waals surface area contributed by atoms with Crippen LogP contribution in [0.1, 0.15) is 12.0 Å². The molecule has 0 saturated carbocycles. The molecule has 1 heterocycles. The zero-order valence-electron chi connectivity index (χ0n) is 7.00. The van der Waals surface area contributed by atoms with Gasteiger partial charge in [-0.3, -0.25) is 4.79 Å². The van der Waals surface area contributed by atoms with E-state index >= 15 is 0 Å². The zero-order chi connectivity index (χ0) is 9.26. The number of hydrogen-bond acceptors (Lipinski definition) is 2. The molecule has 68 valence electrons. The third-order valence-electron chi connectivity index (χ3n) is 2.16. The Labute approximate surface area is 75.3 Å². The molecule has 0 saturated heterocycles. The number of rotatable bonds is 1. The number of aryl methyl sites for hydroxylation is 1. The highest BCUT2D eigenvalue weighted by Crippen LogP contribution is 2.27. The largest absolute Gasteiger partial charge is 0.483 e. The lowest BCUT2D eigenvalue weighted by molar-refractivity contribution is -0.114. The van der Waals surface area contributed by atoms with Crippen LogP contribution in [-0.2, 0) is 11.2 Å². The maximum Gasteiger partial charge on any atom is 0.160 e. The van der Waals surface area contributed by atoms with Gasteiger partial charge in [-0.25, -0.2) is 4.39 Å². The van der Waals surface area contributed by atoms with Gasteiger partial charge in [-0.1, -0.05) is 6.07 Å². The zero-order valence-corrected chi connectivity index (χ0v) is 7.00. The van der Waals surface area contributed by atoms with Crippen molar-refractivity contribution in [2.75, 3.05) is 0 Å². The van der Waals surface area contributed by atoms with Gasteiger partial charge >= 0.3 is 0 Å². The van der Waals surface area contributed by atoms with E-state index in [0.29, 0.717) is 12.2 Å². The van der Waals surface area contributed by atoms with E-state index < -0.39 is 6.10 Å². The fraction of sp³-hybridized carbons (Fsp3) is 0.300. The summed E-state index contributed by atoms with van der Waals surface area (Å²) in [5.74, 6) is 0.175. The second-order valence-corrected chi connectivity index (χ2v) is 3.08. The van der Waals surface area contributed by atoms with Crippen LogP contribution in [0.25, 0.3) is 0 Å². The van der Waals surface area contributed by atoms with Crippen molar-refractivity contribution in [1.82, 2.24) is 0 Å². The molecule has 1 aliphatic rings. The summed E-state index contributed by atoms with van der Waals surface area (Å²) in [6.07, 6.45) is 1.81. The van der Waals surface area contributed by atoms with Gasteiger partial charge in [0.2, 0.25) is 0 Å². The van der Waals surface area contributed by atoms with Crippen LogP contribution in [0.5, 0.6) is 5.75 Å². The van der Waals surface area contributed by atoms with Crippen LogP contribution >= 0.6 is 0 Å². The van der Waals surface area contributed by atoms with E-state index in [4.69, 9.17) is 4.74 Å². The molecule has 0 N–H and O–H groups in total. The van der Waals surface area contributed by atoms with Gasteiger partial charge in [-0.05, 0) is 24.5 Å².